The maximum absolute atomic E-state index is 4.14. The number of hydrogen-bond donors (Lipinski definition) is 0. The van der Waals surface area contributed by atoms with E-state index >= 15 is 0 Å². The van der Waals surface area contributed by atoms with Crippen LogP contribution in [0.2, 0.25) is 0 Å². The molecular weight excluding hydrogens is 106 g/mol. The van der Waals surface area contributed by atoms with Gasteiger partial charge >= 0.3 is 0 Å². The molecule has 0 aromatic heterocycles. The van der Waals surface area contributed by atoms with Crippen molar-refractivity contribution < 1.29 is 4.43 Å². The minimum Gasteiger partial charge on any atom is -0.426 e. The molecule has 2 nitrogen and oxygen atoms in total. The van der Waals surface area contributed by atoms with Gasteiger partial charge in [-0.1, -0.05) is 0 Å². The summed E-state index contributed by atoms with van der Waals surface area (Å²) in [6, 6.07) is 0. The van der Waals surface area contributed by atoms with Gasteiger partial charge in [-0.15, -0.1) is 0 Å². The quantitative estimate of drug-likeness (QED) is 0.390. The molecule has 0 saturated carbocycles. The first kappa shape index (κ1) is 10.2. The standard InChI is InChI=1S/C3H9N.CH5OSi/c1-4(2)3;1-2-3/h1-3H3;1H2,3H3. The molecule has 3 heteroatoms. The van der Waals surface area contributed by atoms with Crippen molar-refractivity contribution in [1.29, 1.82) is 0 Å². The summed E-state index contributed by atoms with van der Waals surface area (Å²) in [5, 5.41) is 0. The van der Waals surface area contributed by atoms with Crippen molar-refractivity contribution >= 4 is 10.5 Å². The zero-order valence-electron chi connectivity index (χ0n) is 5.56. The Morgan fingerprint density at radius 2 is 1.43 bits per heavy atom. The third-order valence-electron chi connectivity index (χ3n) is 0. The van der Waals surface area contributed by atoms with Crippen LogP contribution in [0.5, 0.6) is 0 Å². The fourth-order valence-corrected chi connectivity index (χ4v) is 0. The Bertz CT molecular complexity index is 22.9. The van der Waals surface area contributed by atoms with Gasteiger partial charge in [-0.2, -0.15) is 0 Å². The average Bonchev–Trinajstić information content (AvgIpc) is 1.33. The van der Waals surface area contributed by atoms with Crippen LogP contribution in [0.15, 0.2) is 0 Å². The van der Waals surface area contributed by atoms with Gasteiger partial charge in [-0.05, 0) is 21.1 Å². The van der Waals surface area contributed by atoms with Crippen LogP contribution in [-0.2, 0) is 4.43 Å². The fraction of sp³-hybridized carbons (Fsp3) is 0.750. The van der Waals surface area contributed by atoms with E-state index in [9.17, 15) is 0 Å². The average molecular weight is 120 g/mol. The van der Waals surface area contributed by atoms with Crippen molar-refractivity contribution in [1.82, 2.24) is 4.90 Å². The first-order chi connectivity index (χ1) is 3.15. The van der Waals surface area contributed by atoms with Gasteiger partial charge in [-0.25, -0.2) is 0 Å². The predicted octanol–water partition coefficient (Wildman–Crippen LogP) is -0.747. The van der Waals surface area contributed by atoms with Gasteiger partial charge in [0.15, 0.2) is 0 Å². The Hall–Kier alpha value is 0.137. The van der Waals surface area contributed by atoms with Gasteiger partial charge in [0.2, 0.25) is 0 Å². The first-order valence-electron chi connectivity index (χ1n) is 2.04. The van der Waals surface area contributed by atoms with Crippen LogP contribution in [0.3, 0.4) is 0 Å². The Balaban J connectivity index is 0. The molecule has 0 bridgehead atoms. The highest BCUT2D eigenvalue weighted by atomic mass is 28.2. The van der Waals surface area contributed by atoms with E-state index in [0.717, 1.165) is 10.5 Å². The molecule has 0 atom stereocenters. The van der Waals surface area contributed by atoms with E-state index in [2.05, 4.69) is 11.5 Å². The van der Waals surface area contributed by atoms with Gasteiger partial charge in [0.25, 0.3) is 0 Å². The molecule has 0 amide bonds. The molecule has 7 heavy (non-hydrogen) atoms. The number of hydrogen-bond acceptors (Lipinski definition) is 2. The largest absolute Gasteiger partial charge is 0.426 e. The maximum Gasteiger partial charge on any atom is 0.146 e. The lowest BCUT2D eigenvalue weighted by Gasteiger charge is -1.90. The van der Waals surface area contributed by atoms with Gasteiger partial charge in [0, 0.05) is 0 Å². The monoisotopic (exact) mass is 120 g/mol. The van der Waals surface area contributed by atoms with Crippen molar-refractivity contribution in [2.75, 3.05) is 21.1 Å². The molecule has 0 aromatic rings. The smallest absolute Gasteiger partial charge is 0.146 e. The molecule has 0 aliphatic heterocycles. The minimum atomic E-state index is 0.758. The SMILES string of the molecule is CN(C)C.[CH2]O[SiH3]. The van der Waals surface area contributed by atoms with Gasteiger partial charge in [0.1, 0.15) is 10.5 Å². The number of rotatable bonds is 0. The molecule has 0 heterocycles. The topological polar surface area (TPSA) is 12.5 Å². The van der Waals surface area contributed by atoms with Crippen LogP contribution < -0.4 is 0 Å². The Labute approximate surface area is 49.0 Å². The maximum atomic E-state index is 4.14. The predicted molar refractivity (Wildman–Crippen MR) is 36.0 cm³/mol. The summed E-state index contributed by atoms with van der Waals surface area (Å²) in [4.78, 5) is 2.00. The van der Waals surface area contributed by atoms with Crippen LogP contribution in [0.4, 0.5) is 0 Å². The van der Waals surface area contributed by atoms with E-state index in [0.29, 0.717) is 0 Å². The van der Waals surface area contributed by atoms with Crippen LogP contribution >= 0.6 is 0 Å². The highest BCUT2D eigenvalue weighted by molar-refractivity contribution is 5.98. The minimum absolute atomic E-state index is 0.758. The Morgan fingerprint density at radius 1 is 1.43 bits per heavy atom. The van der Waals surface area contributed by atoms with E-state index < -0.39 is 0 Å². The normalized spacial score (nSPS) is 8.14. The molecule has 0 aliphatic rings. The van der Waals surface area contributed by atoms with Crippen molar-refractivity contribution in [3.63, 3.8) is 0 Å². The van der Waals surface area contributed by atoms with Crippen LogP contribution in [-0.4, -0.2) is 36.5 Å². The lowest BCUT2D eigenvalue weighted by molar-refractivity contribution is 0.505. The van der Waals surface area contributed by atoms with E-state index in [1.165, 1.54) is 0 Å². The second kappa shape index (κ2) is 9.46. The summed E-state index contributed by atoms with van der Waals surface area (Å²) < 4.78 is 4.14. The van der Waals surface area contributed by atoms with Crippen molar-refractivity contribution in [3.8, 4) is 0 Å². The molecular formula is C4H14NOSi. The van der Waals surface area contributed by atoms with Crippen LogP contribution in [0.1, 0.15) is 0 Å². The Kier molecular flexibility index (Phi) is 13.8. The Morgan fingerprint density at radius 3 is 1.43 bits per heavy atom. The second-order valence-corrected chi connectivity index (χ2v) is 2.21. The molecule has 45 valence electrons. The molecule has 0 unspecified atom stereocenters. The zero-order chi connectivity index (χ0) is 6.28. The summed E-state index contributed by atoms with van der Waals surface area (Å²) in [5.74, 6) is 0. The van der Waals surface area contributed by atoms with Crippen molar-refractivity contribution in [3.05, 3.63) is 7.11 Å². The highest BCUT2D eigenvalue weighted by Crippen LogP contribution is 1.47. The highest BCUT2D eigenvalue weighted by Gasteiger charge is 1.58. The molecule has 1 radical (unpaired) electrons. The lowest BCUT2D eigenvalue weighted by atomic mass is 11.0. The zero-order valence-corrected chi connectivity index (χ0v) is 7.56. The summed E-state index contributed by atoms with van der Waals surface area (Å²) in [6.07, 6.45) is 0. The molecule has 0 N–H and O–H groups in total. The molecule has 0 aliphatic carbocycles. The van der Waals surface area contributed by atoms with Gasteiger partial charge in [-0.3, -0.25) is 0 Å². The second-order valence-electron chi connectivity index (χ2n) is 1.63. The van der Waals surface area contributed by atoms with E-state index in [1.807, 2.05) is 26.0 Å². The molecule has 0 rings (SSSR count). The third-order valence-corrected chi connectivity index (χ3v) is 0. The lowest BCUT2D eigenvalue weighted by Crippen LogP contribution is -1.99. The van der Waals surface area contributed by atoms with Gasteiger partial charge in [0.05, 0.1) is 7.11 Å². The van der Waals surface area contributed by atoms with E-state index in [-0.39, 0.29) is 0 Å². The van der Waals surface area contributed by atoms with E-state index in [4.69, 9.17) is 0 Å². The molecule has 0 spiro atoms. The van der Waals surface area contributed by atoms with Crippen LogP contribution in [0, 0.1) is 7.11 Å². The number of nitrogens with zero attached hydrogens (tertiary/aromatic N) is 1. The van der Waals surface area contributed by atoms with Crippen molar-refractivity contribution in [2.24, 2.45) is 0 Å². The summed E-state index contributed by atoms with van der Waals surface area (Å²) in [5.41, 5.74) is 0. The van der Waals surface area contributed by atoms with E-state index in [1.54, 1.807) is 0 Å². The summed E-state index contributed by atoms with van der Waals surface area (Å²) in [7, 11) is 9.81. The fourth-order valence-electron chi connectivity index (χ4n) is 0. The molecule has 0 aromatic carbocycles. The third kappa shape index (κ3) is 5610. The van der Waals surface area contributed by atoms with Crippen molar-refractivity contribution in [2.45, 2.75) is 0 Å². The molecule has 0 saturated heterocycles. The summed E-state index contributed by atoms with van der Waals surface area (Å²) in [6.45, 7) is 0. The molecule has 0 fully saturated rings. The van der Waals surface area contributed by atoms with Crippen LogP contribution in [0.25, 0.3) is 0 Å². The summed E-state index contributed by atoms with van der Waals surface area (Å²) >= 11 is 0. The van der Waals surface area contributed by atoms with Gasteiger partial charge < -0.3 is 9.33 Å². The first-order valence-corrected chi connectivity index (χ1v) is 2.86.